The molecule has 1 aromatic heterocycles. The minimum atomic E-state index is 0. The van der Waals surface area contributed by atoms with E-state index in [2.05, 4.69) is 62.4 Å². The number of rotatable bonds is 9. The lowest BCUT2D eigenvalue weighted by atomic mass is 10.1. The predicted octanol–water partition coefficient (Wildman–Crippen LogP) is 2.69. The molecule has 2 N–H and O–H groups in total. The molecule has 1 aliphatic rings. The molecule has 9 heteroatoms. The van der Waals surface area contributed by atoms with Gasteiger partial charge in [-0.05, 0) is 31.4 Å². The standard InChI is InChI=1S/C21H32N6O2.HI/c1-4-20-26-25-15-27(20)10-9-23-21(22-3)24-13-17-8-7-16(2)12-19(17)29-14-18-6-5-11-28-18;/h7-8,12,15,18H,4-6,9-11,13-14H2,1-3H3,(H2,22,23,24);1H. The van der Waals surface area contributed by atoms with Gasteiger partial charge in [-0.15, -0.1) is 34.2 Å². The molecule has 0 saturated carbocycles. The Balaban J connectivity index is 0.00000320. The molecule has 1 aromatic carbocycles. The smallest absolute Gasteiger partial charge is 0.191 e. The third-order valence-electron chi connectivity index (χ3n) is 5.00. The number of benzene rings is 1. The molecule has 1 aliphatic heterocycles. The topological polar surface area (TPSA) is 85.6 Å². The van der Waals surface area contributed by atoms with Crippen molar-refractivity contribution < 1.29 is 9.47 Å². The summed E-state index contributed by atoms with van der Waals surface area (Å²) in [6, 6.07) is 6.29. The van der Waals surface area contributed by atoms with Gasteiger partial charge in [-0.2, -0.15) is 0 Å². The Morgan fingerprint density at radius 2 is 2.23 bits per heavy atom. The number of nitrogens with zero attached hydrogens (tertiary/aromatic N) is 4. The van der Waals surface area contributed by atoms with Crippen LogP contribution in [0.4, 0.5) is 0 Å². The van der Waals surface area contributed by atoms with E-state index < -0.39 is 0 Å². The van der Waals surface area contributed by atoms with Gasteiger partial charge in [0.2, 0.25) is 0 Å². The van der Waals surface area contributed by atoms with E-state index in [4.69, 9.17) is 9.47 Å². The van der Waals surface area contributed by atoms with Crippen molar-refractivity contribution in [3.05, 3.63) is 41.5 Å². The van der Waals surface area contributed by atoms with E-state index in [1.807, 2.05) is 0 Å². The quantitative estimate of drug-likeness (QED) is 0.296. The maximum absolute atomic E-state index is 6.08. The number of aromatic nitrogens is 3. The summed E-state index contributed by atoms with van der Waals surface area (Å²) in [5, 5.41) is 14.8. The van der Waals surface area contributed by atoms with Crippen molar-refractivity contribution in [2.24, 2.45) is 4.99 Å². The van der Waals surface area contributed by atoms with E-state index >= 15 is 0 Å². The van der Waals surface area contributed by atoms with Crippen molar-refractivity contribution in [1.82, 2.24) is 25.4 Å². The predicted molar refractivity (Wildman–Crippen MR) is 129 cm³/mol. The molecule has 30 heavy (non-hydrogen) atoms. The second-order valence-electron chi connectivity index (χ2n) is 7.20. The summed E-state index contributed by atoms with van der Waals surface area (Å²) in [6.07, 6.45) is 5.03. The molecule has 2 heterocycles. The average molecular weight is 528 g/mol. The number of halogens is 1. The molecule has 166 valence electrons. The van der Waals surface area contributed by atoms with Gasteiger partial charge in [0.25, 0.3) is 0 Å². The zero-order valence-electron chi connectivity index (χ0n) is 18.1. The normalized spacial score (nSPS) is 16.2. The molecule has 3 rings (SSSR count). The highest BCUT2D eigenvalue weighted by Crippen LogP contribution is 2.22. The van der Waals surface area contributed by atoms with E-state index in [-0.39, 0.29) is 30.1 Å². The van der Waals surface area contributed by atoms with Crippen molar-refractivity contribution in [3.8, 4) is 5.75 Å². The second kappa shape index (κ2) is 12.7. The van der Waals surface area contributed by atoms with Gasteiger partial charge in [0.1, 0.15) is 24.5 Å². The van der Waals surface area contributed by atoms with Crippen LogP contribution in [-0.2, 0) is 24.2 Å². The van der Waals surface area contributed by atoms with Crippen LogP contribution in [0.15, 0.2) is 29.5 Å². The fourth-order valence-corrected chi connectivity index (χ4v) is 3.33. The van der Waals surface area contributed by atoms with Gasteiger partial charge in [0.15, 0.2) is 5.96 Å². The van der Waals surface area contributed by atoms with E-state index in [0.29, 0.717) is 13.2 Å². The first-order valence-corrected chi connectivity index (χ1v) is 10.3. The monoisotopic (exact) mass is 528 g/mol. The van der Waals surface area contributed by atoms with Gasteiger partial charge in [0, 0.05) is 45.3 Å². The zero-order chi connectivity index (χ0) is 20.5. The molecular weight excluding hydrogens is 495 g/mol. The molecule has 1 fully saturated rings. The summed E-state index contributed by atoms with van der Waals surface area (Å²) in [6.45, 7) is 7.75. The van der Waals surface area contributed by atoms with Gasteiger partial charge in [0.05, 0.1) is 6.10 Å². The van der Waals surface area contributed by atoms with Crippen LogP contribution in [0, 0.1) is 6.92 Å². The number of hydrogen-bond acceptors (Lipinski definition) is 5. The highest BCUT2D eigenvalue weighted by molar-refractivity contribution is 14.0. The third-order valence-corrected chi connectivity index (χ3v) is 5.00. The number of nitrogens with one attached hydrogen (secondary N) is 2. The van der Waals surface area contributed by atoms with E-state index in [1.165, 1.54) is 5.56 Å². The molecule has 2 aromatic rings. The fourth-order valence-electron chi connectivity index (χ4n) is 3.33. The Kier molecular flexibility index (Phi) is 10.4. The number of hydrogen-bond donors (Lipinski definition) is 2. The van der Waals surface area contributed by atoms with Crippen molar-refractivity contribution >= 4 is 29.9 Å². The molecule has 0 radical (unpaired) electrons. The highest BCUT2D eigenvalue weighted by Gasteiger charge is 2.17. The molecule has 0 amide bonds. The summed E-state index contributed by atoms with van der Waals surface area (Å²) < 4.78 is 13.8. The van der Waals surface area contributed by atoms with Gasteiger partial charge in [-0.3, -0.25) is 4.99 Å². The fraction of sp³-hybridized carbons (Fsp3) is 0.571. The van der Waals surface area contributed by atoms with Crippen LogP contribution in [0.25, 0.3) is 0 Å². The van der Waals surface area contributed by atoms with Gasteiger partial charge < -0.3 is 24.7 Å². The van der Waals surface area contributed by atoms with Gasteiger partial charge >= 0.3 is 0 Å². The molecule has 1 atom stereocenters. The van der Waals surface area contributed by atoms with Crippen LogP contribution >= 0.6 is 24.0 Å². The summed E-state index contributed by atoms with van der Waals surface area (Å²) in [5.41, 5.74) is 2.28. The Hall–Kier alpha value is -1.88. The lowest BCUT2D eigenvalue weighted by Crippen LogP contribution is -2.38. The zero-order valence-corrected chi connectivity index (χ0v) is 20.4. The summed E-state index contributed by atoms with van der Waals surface area (Å²) in [5.74, 6) is 2.64. The lowest BCUT2D eigenvalue weighted by molar-refractivity contribution is 0.0676. The largest absolute Gasteiger partial charge is 0.491 e. The number of ether oxygens (including phenoxy) is 2. The SMILES string of the molecule is CCc1nncn1CCNC(=NC)NCc1ccc(C)cc1OCC1CCCO1.I. The van der Waals surface area contributed by atoms with Crippen LogP contribution in [0.1, 0.15) is 36.7 Å². The molecule has 0 bridgehead atoms. The third kappa shape index (κ3) is 7.12. The second-order valence-corrected chi connectivity index (χ2v) is 7.20. The number of aryl methyl sites for hydroxylation is 2. The van der Waals surface area contributed by atoms with Crippen LogP contribution in [0.2, 0.25) is 0 Å². The van der Waals surface area contributed by atoms with E-state index in [1.54, 1.807) is 13.4 Å². The summed E-state index contributed by atoms with van der Waals surface area (Å²) in [7, 11) is 1.77. The van der Waals surface area contributed by atoms with Gasteiger partial charge in [-0.25, -0.2) is 0 Å². The minimum absolute atomic E-state index is 0. The molecule has 0 aliphatic carbocycles. The lowest BCUT2D eigenvalue weighted by Gasteiger charge is -2.17. The maximum Gasteiger partial charge on any atom is 0.191 e. The van der Waals surface area contributed by atoms with E-state index in [0.717, 1.165) is 62.1 Å². The Labute approximate surface area is 195 Å². The molecule has 1 saturated heterocycles. The van der Waals surface area contributed by atoms with Crippen LogP contribution in [0.3, 0.4) is 0 Å². The Morgan fingerprint density at radius 3 is 2.97 bits per heavy atom. The highest BCUT2D eigenvalue weighted by atomic mass is 127. The number of guanidine groups is 1. The van der Waals surface area contributed by atoms with Crippen LogP contribution in [0.5, 0.6) is 5.75 Å². The summed E-state index contributed by atoms with van der Waals surface area (Å²) in [4.78, 5) is 4.31. The van der Waals surface area contributed by atoms with Crippen molar-refractivity contribution in [3.63, 3.8) is 0 Å². The van der Waals surface area contributed by atoms with Crippen molar-refractivity contribution in [2.75, 3.05) is 26.8 Å². The first-order chi connectivity index (χ1) is 14.2. The first-order valence-electron chi connectivity index (χ1n) is 10.3. The molecule has 8 nitrogen and oxygen atoms in total. The first kappa shape index (κ1) is 24.4. The molecular formula is C21H33IN6O2. The van der Waals surface area contributed by atoms with E-state index in [9.17, 15) is 0 Å². The summed E-state index contributed by atoms with van der Waals surface area (Å²) >= 11 is 0. The van der Waals surface area contributed by atoms with Crippen molar-refractivity contribution in [2.45, 2.75) is 52.3 Å². The molecule has 0 spiro atoms. The molecule has 1 unspecified atom stereocenters. The van der Waals surface area contributed by atoms with Crippen LogP contribution in [-0.4, -0.2) is 53.6 Å². The Morgan fingerprint density at radius 1 is 1.37 bits per heavy atom. The van der Waals surface area contributed by atoms with Crippen molar-refractivity contribution in [1.29, 1.82) is 0 Å². The van der Waals surface area contributed by atoms with Gasteiger partial charge in [-0.1, -0.05) is 19.1 Å². The minimum Gasteiger partial charge on any atom is -0.491 e. The maximum atomic E-state index is 6.08. The van der Waals surface area contributed by atoms with Crippen LogP contribution < -0.4 is 15.4 Å². The average Bonchev–Trinajstić information content (AvgIpc) is 3.41. The Bertz CT molecular complexity index is 805. The number of aliphatic imine (C=N–C) groups is 1.